The summed E-state index contributed by atoms with van der Waals surface area (Å²) in [7, 11) is 4.16. The Labute approximate surface area is 189 Å². The summed E-state index contributed by atoms with van der Waals surface area (Å²) in [5.41, 5.74) is 2.01. The fraction of sp³-hybridized carbons (Fsp3) is 0.273. The van der Waals surface area contributed by atoms with Crippen molar-refractivity contribution in [1.29, 1.82) is 0 Å². The maximum absolute atomic E-state index is 12.9. The molecule has 1 atom stereocenters. The number of likely N-dealkylation sites (N-methyl/N-ethyl adjacent to an activating group) is 1. The summed E-state index contributed by atoms with van der Waals surface area (Å²) in [6, 6.07) is 15.5. The Bertz CT molecular complexity index is 1120. The molecule has 1 heterocycles. The molecule has 32 heavy (non-hydrogen) atoms. The van der Waals surface area contributed by atoms with Crippen molar-refractivity contribution in [2.24, 2.45) is 0 Å². The van der Waals surface area contributed by atoms with Crippen LogP contribution in [-0.2, 0) is 16.0 Å². The number of aromatic nitrogens is 2. The number of hydrogen-bond acceptors (Lipinski definition) is 5. The number of nitrogens with one attached hydrogen (secondary N) is 1. The van der Waals surface area contributed by atoms with Crippen molar-refractivity contribution in [3.8, 4) is 0 Å². The maximum Gasteiger partial charge on any atom is 0.351 e. The Morgan fingerprint density at radius 1 is 1.12 bits per heavy atom. The van der Waals surface area contributed by atoms with E-state index in [0.717, 1.165) is 28.6 Å². The number of benzene rings is 2. The first-order chi connectivity index (χ1) is 14.6. The molecule has 0 radical (unpaired) electrons. The fourth-order valence-electron chi connectivity index (χ4n) is 3.18. The van der Waals surface area contributed by atoms with Gasteiger partial charge in [0.2, 0.25) is 0 Å². The highest BCUT2D eigenvalue weighted by molar-refractivity contribution is 6.30. The number of carboxylic acids is 2. The van der Waals surface area contributed by atoms with E-state index in [4.69, 9.17) is 36.5 Å². The van der Waals surface area contributed by atoms with Gasteiger partial charge in [-0.05, 0) is 30.7 Å². The molecule has 0 bridgehead atoms. The Balaban J connectivity index is 0.000000648. The first-order valence-corrected chi connectivity index (χ1v) is 9.96. The smallest absolute Gasteiger partial charge is 0.351 e. The number of nitrogens with zero attached hydrogens (tertiary/aromatic N) is 2. The zero-order valence-electron chi connectivity index (χ0n) is 18.0. The third-order valence-electron chi connectivity index (χ3n) is 4.49. The number of carbonyl (C=O) groups is 2. The molecular weight excluding hydrogens is 438 g/mol. The van der Waals surface area contributed by atoms with E-state index in [9.17, 15) is 4.79 Å². The lowest BCUT2D eigenvalue weighted by Crippen LogP contribution is -3.06. The molecule has 0 aliphatic rings. The SMILES string of the molecule is CC(C[NH+](C)C)n1nc(Cc2ccc(Cl)cc2)c2ccccc2c1=O.O.O=C([O-])C(=O)O. The van der Waals surface area contributed by atoms with Gasteiger partial charge in [0.1, 0.15) is 6.04 Å². The molecule has 10 heteroatoms. The average Bonchev–Trinajstić information content (AvgIpc) is 2.71. The van der Waals surface area contributed by atoms with E-state index >= 15 is 0 Å². The molecular formula is C22H26ClN3O6. The van der Waals surface area contributed by atoms with Crippen LogP contribution in [0.2, 0.25) is 5.02 Å². The third-order valence-corrected chi connectivity index (χ3v) is 4.74. The maximum atomic E-state index is 12.9. The van der Waals surface area contributed by atoms with Gasteiger partial charge in [-0.15, -0.1) is 0 Å². The number of halogens is 1. The molecule has 1 unspecified atom stereocenters. The largest absolute Gasteiger partial charge is 0.539 e. The van der Waals surface area contributed by atoms with Crippen LogP contribution < -0.4 is 15.6 Å². The minimum Gasteiger partial charge on any atom is -0.539 e. The summed E-state index contributed by atoms with van der Waals surface area (Å²) in [4.78, 5) is 32.2. The molecule has 9 nitrogen and oxygen atoms in total. The van der Waals surface area contributed by atoms with Gasteiger partial charge >= 0.3 is 5.97 Å². The number of carboxylic acid groups (broad SMARTS) is 2. The van der Waals surface area contributed by atoms with Crippen LogP contribution >= 0.6 is 11.6 Å². The number of fused-ring (bicyclic) bond motifs is 1. The van der Waals surface area contributed by atoms with E-state index in [2.05, 4.69) is 14.1 Å². The number of quaternary nitrogens is 1. The lowest BCUT2D eigenvalue weighted by Gasteiger charge is -2.18. The fourth-order valence-corrected chi connectivity index (χ4v) is 3.30. The average molecular weight is 464 g/mol. The van der Waals surface area contributed by atoms with Crippen molar-refractivity contribution in [3.63, 3.8) is 0 Å². The van der Waals surface area contributed by atoms with Crippen LogP contribution in [0.25, 0.3) is 10.8 Å². The van der Waals surface area contributed by atoms with E-state index in [1.807, 2.05) is 55.5 Å². The van der Waals surface area contributed by atoms with Gasteiger partial charge in [0.15, 0.2) is 5.97 Å². The lowest BCUT2D eigenvalue weighted by atomic mass is 10.0. The van der Waals surface area contributed by atoms with Crippen molar-refractivity contribution in [1.82, 2.24) is 9.78 Å². The van der Waals surface area contributed by atoms with Crippen LogP contribution in [0.1, 0.15) is 24.2 Å². The molecule has 1 aromatic heterocycles. The monoisotopic (exact) mass is 463 g/mol. The summed E-state index contributed by atoms with van der Waals surface area (Å²) in [6.07, 6.45) is 0.666. The minimum atomic E-state index is -2.07. The number of carbonyl (C=O) groups excluding carboxylic acids is 1. The molecule has 3 aromatic rings. The van der Waals surface area contributed by atoms with Gasteiger partial charge in [-0.1, -0.05) is 41.9 Å². The summed E-state index contributed by atoms with van der Waals surface area (Å²) in [6.45, 7) is 2.88. The second-order valence-electron chi connectivity index (χ2n) is 7.40. The summed E-state index contributed by atoms with van der Waals surface area (Å²) in [5, 5.41) is 23.4. The van der Waals surface area contributed by atoms with Crippen LogP contribution in [-0.4, -0.2) is 52.9 Å². The van der Waals surface area contributed by atoms with Gasteiger partial charge in [-0.2, -0.15) is 5.10 Å². The van der Waals surface area contributed by atoms with Gasteiger partial charge in [0, 0.05) is 16.8 Å². The molecule has 0 saturated carbocycles. The van der Waals surface area contributed by atoms with Crippen molar-refractivity contribution < 1.29 is 30.2 Å². The molecule has 0 fully saturated rings. The highest BCUT2D eigenvalue weighted by Gasteiger charge is 2.16. The first-order valence-electron chi connectivity index (χ1n) is 9.58. The van der Waals surface area contributed by atoms with Gasteiger partial charge in [-0.25, -0.2) is 9.48 Å². The number of hydrogen-bond donors (Lipinski definition) is 2. The molecule has 0 aliphatic carbocycles. The molecule has 0 saturated heterocycles. The van der Waals surface area contributed by atoms with E-state index in [1.165, 1.54) is 4.90 Å². The predicted octanol–water partition coefficient (Wildman–Crippen LogP) is -0.658. The molecule has 172 valence electrons. The zero-order chi connectivity index (χ0) is 23.1. The van der Waals surface area contributed by atoms with Crippen LogP contribution in [0, 0.1) is 0 Å². The van der Waals surface area contributed by atoms with Crippen LogP contribution in [0.15, 0.2) is 53.3 Å². The van der Waals surface area contributed by atoms with E-state index in [-0.39, 0.29) is 17.1 Å². The summed E-state index contributed by atoms with van der Waals surface area (Å²) < 4.78 is 1.64. The number of rotatable bonds is 5. The van der Waals surface area contributed by atoms with Crippen molar-refractivity contribution in [3.05, 3.63) is 75.2 Å². The van der Waals surface area contributed by atoms with Gasteiger partial charge < -0.3 is 25.4 Å². The molecule has 0 spiro atoms. The topological polar surface area (TPSA) is 148 Å². The van der Waals surface area contributed by atoms with Gasteiger partial charge in [0.05, 0.1) is 31.7 Å². The Morgan fingerprint density at radius 3 is 2.16 bits per heavy atom. The molecule has 3 rings (SSSR count). The van der Waals surface area contributed by atoms with E-state index in [1.54, 1.807) is 4.68 Å². The Kier molecular flexibility index (Phi) is 9.99. The van der Waals surface area contributed by atoms with Crippen molar-refractivity contribution in [2.75, 3.05) is 20.6 Å². The van der Waals surface area contributed by atoms with Crippen LogP contribution in [0.4, 0.5) is 0 Å². The van der Waals surface area contributed by atoms with Crippen molar-refractivity contribution in [2.45, 2.75) is 19.4 Å². The van der Waals surface area contributed by atoms with Gasteiger partial charge in [-0.3, -0.25) is 4.79 Å². The van der Waals surface area contributed by atoms with E-state index in [0.29, 0.717) is 11.4 Å². The Hall–Kier alpha value is -3.27. The van der Waals surface area contributed by atoms with Gasteiger partial charge in [0.25, 0.3) is 5.56 Å². The Morgan fingerprint density at radius 2 is 1.66 bits per heavy atom. The summed E-state index contributed by atoms with van der Waals surface area (Å²) in [5.74, 6) is -4.01. The zero-order valence-corrected chi connectivity index (χ0v) is 18.7. The molecule has 4 N–H and O–H groups in total. The minimum absolute atomic E-state index is 0. The highest BCUT2D eigenvalue weighted by Crippen LogP contribution is 2.19. The normalized spacial score (nSPS) is 11.3. The second-order valence-corrected chi connectivity index (χ2v) is 7.83. The molecule has 2 aromatic carbocycles. The molecule has 0 amide bonds. The molecule has 0 aliphatic heterocycles. The third kappa shape index (κ3) is 7.16. The standard InChI is InChI=1S/C20H22ClN3O.C2H2O4.H2O/c1-14(13-23(2)3)24-20(25)18-7-5-4-6-17(18)19(22-24)12-15-8-10-16(21)11-9-15;3-1(4)2(5)6;/h4-11,14H,12-13H2,1-3H3;(H,3,4)(H,5,6);1H2. The first kappa shape index (κ1) is 26.8. The second kappa shape index (κ2) is 11.9. The highest BCUT2D eigenvalue weighted by atomic mass is 35.5. The quantitative estimate of drug-likeness (QED) is 0.480. The van der Waals surface area contributed by atoms with E-state index < -0.39 is 11.9 Å². The van der Waals surface area contributed by atoms with Crippen LogP contribution in [0.5, 0.6) is 0 Å². The number of aliphatic carboxylic acids is 2. The predicted molar refractivity (Wildman–Crippen MR) is 119 cm³/mol. The van der Waals surface area contributed by atoms with Crippen LogP contribution in [0.3, 0.4) is 0 Å². The summed E-state index contributed by atoms with van der Waals surface area (Å²) >= 11 is 5.98. The van der Waals surface area contributed by atoms with Crippen molar-refractivity contribution >= 4 is 34.3 Å². The lowest BCUT2D eigenvalue weighted by molar-refractivity contribution is -0.860.